The molecule has 1 aliphatic heterocycles. The molecule has 0 aliphatic carbocycles. The monoisotopic (exact) mass is 402 g/mol. The number of rotatable bonds is 10. The van der Waals surface area contributed by atoms with E-state index in [2.05, 4.69) is 10.2 Å². The summed E-state index contributed by atoms with van der Waals surface area (Å²) >= 11 is 0. The Kier molecular flexibility index (Phi) is 9.12. The van der Waals surface area contributed by atoms with Gasteiger partial charge in [-0.1, -0.05) is 12.1 Å². The number of benzene rings is 1. The smallest absolute Gasteiger partial charge is 0.224 e. The lowest BCUT2D eigenvalue weighted by Gasteiger charge is -2.30. The molecule has 3 amide bonds. The fraction of sp³-hybridized carbons (Fsp3) is 0.591. The van der Waals surface area contributed by atoms with Crippen LogP contribution in [0.3, 0.4) is 0 Å². The van der Waals surface area contributed by atoms with Gasteiger partial charge < -0.3 is 16.0 Å². The summed E-state index contributed by atoms with van der Waals surface area (Å²) in [6.45, 7) is 7.81. The second-order valence-corrected chi connectivity index (χ2v) is 7.62. The van der Waals surface area contributed by atoms with Gasteiger partial charge in [-0.25, -0.2) is 0 Å². The third-order valence-corrected chi connectivity index (χ3v) is 5.52. The Morgan fingerprint density at radius 2 is 1.83 bits per heavy atom. The maximum Gasteiger partial charge on any atom is 0.224 e. The lowest BCUT2D eigenvalue weighted by Crippen LogP contribution is -2.38. The van der Waals surface area contributed by atoms with E-state index in [0.29, 0.717) is 32.4 Å². The molecule has 0 unspecified atom stereocenters. The molecule has 0 spiro atoms. The van der Waals surface area contributed by atoms with Gasteiger partial charge in [-0.2, -0.15) is 0 Å². The number of carbonyl (C=O) groups is 3. The highest BCUT2D eigenvalue weighted by Crippen LogP contribution is 2.20. The first kappa shape index (κ1) is 22.9. The summed E-state index contributed by atoms with van der Waals surface area (Å²) in [5.74, 6) is -0.180. The van der Waals surface area contributed by atoms with Gasteiger partial charge >= 0.3 is 0 Å². The molecule has 0 radical (unpaired) electrons. The first-order valence-corrected chi connectivity index (χ1v) is 10.6. The molecule has 0 bridgehead atoms. The van der Waals surface area contributed by atoms with Crippen LogP contribution in [0.25, 0.3) is 0 Å². The van der Waals surface area contributed by atoms with Gasteiger partial charge in [-0.3, -0.25) is 19.3 Å². The number of likely N-dealkylation sites (tertiary alicyclic amines) is 1. The molecule has 1 saturated heterocycles. The zero-order valence-electron chi connectivity index (χ0n) is 17.7. The Balaban J connectivity index is 1.77. The van der Waals surface area contributed by atoms with Crippen LogP contribution >= 0.6 is 0 Å². The number of hydrogen-bond acceptors (Lipinski definition) is 4. The maximum absolute atomic E-state index is 12.2. The van der Waals surface area contributed by atoms with E-state index in [4.69, 9.17) is 5.73 Å². The molecular formula is C22H34N4O3. The maximum atomic E-state index is 12.2. The van der Waals surface area contributed by atoms with Crippen LogP contribution in [0.5, 0.6) is 0 Å². The SMILES string of the molecule is CCN(CC)C(=O)CCCC(=O)Nc1cccc(CN2CCC(C(N)=O)CC2)c1. The van der Waals surface area contributed by atoms with Gasteiger partial charge in [-0.05, 0) is 63.9 Å². The molecule has 0 atom stereocenters. The highest BCUT2D eigenvalue weighted by molar-refractivity contribution is 5.91. The van der Waals surface area contributed by atoms with Crippen molar-refractivity contribution in [1.29, 1.82) is 0 Å². The van der Waals surface area contributed by atoms with Crippen LogP contribution in [0.4, 0.5) is 5.69 Å². The predicted molar refractivity (Wildman–Crippen MR) is 114 cm³/mol. The van der Waals surface area contributed by atoms with Gasteiger partial charge in [0.25, 0.3) is 0 Å². The number of anilines is 1. The minimum Gasteiger partial charge on any atom is -0.369 e. The van der Waals surface area contributed by atoms with Crippen molar-refractivity contribution >= 4 is 23.4 Å². The normalized spacial score (nSPS) is 15.1. The van der Waals surface area contributed by atoms with Crippen LogP contribution in [-0.2, 0) is 20.9 Å². The number of primary amides is 1. The molecule has 1 aliphatic rings. The number of nitrogens with one attached hydrogen (secondary N) is 1. The summed E-state index contributed by atoms with van der Waals surface area (Å²) in [6, 6.07) is 7.84. The molecule has 0 saturated carbocycles. The second kappa shape index (κ2) is 11.6. The Morgan fingerprint density at radius 1 is 1.14 bits per heavy atom. The molecular weight excluding hydrogens is 368 g/mol. The molecule has 1 aromatic carbocycles. The molecule has 3 N–H and O–H groups in total. The summed E-state index contributed by atoms with van der Waals surface area (Å²) in [7, 11) is 0. The fourth-order valence-electron chi connectivity index (χ4n) is 3.74. The number of amides is 3. The van der Waals surface area contributed by atoms with Crippen molar-refractivity contribution in [2.24, 2.45) is 11.7 Å². The Morgan fingerprint density at radius 3 is 2.45 bits per heavy atom. The summed E-state index contributed by atoms with van der Waals surface area (Å²) in [4.78, 5) is 39.6. The van der Waals surface area contributed by atoms with Gasteiger partial charge in [0.1, 0.15) is 0 Å². The summed E-state index contributed by atoms with van der Waals surface area (Å²) in [5.41, 5.74) is 7.29. The standard InChI is InChI=1S/C22H34N4O3/c1-3-26(4-2)21(28)10-6-9-20(27)24-19-8-5-7-17(15-19)16-25-13-11-18(12-14-25)22(23)29/h5,7-8,15,18H,3-4,6,9-14,16H2,1-2H3,(H2,23,29)(H,24,27). The molecule has 2 rings (SSSR count). The molecule has 1 heterocycles. The van der Waals surface area contributed by atoms with E-state index in [1.54, 1.807) is 4.90 Å². The van der Waals surface area contributed by atoms with Crippen molar-refractivity contribution < 1.29 is 14.4 Å². The van der Waals surface area contributed by atoms with Crippen molar-refractivity contribution in [3.05, 3.63) is 29.8 Å². The summed E-state index contributed by atoms with van der Waals surface area (Å²) in [6.07, 6.45) is 2.89. The largest absolute Gasteiger partial charge is 0.369 e. The van der Waals surface area contributed by atoms with Gasteiger partial charge in [0.15, 0.2) is 0 Å². The van der Waals surface area contributed by atoms with E-state index in [9.17, 15) is 14.4 Å². The molecule has 1 fully saturated rings. The van der Waals surface area contributed by atoms with E-state index in [1.807, 2.05) is 38.1 Å². The van der Waals surface area contributed by atoms with Crippen LogP contribution in [0, 0.1) is 5.92 Å². The second-order valence-electron chi connectivity index (χ2n) is 7.62. The summed E-state index contributed by atoms with van der Waals surface area (Å²) < 4.78 is 0. The average Bonchev–Trinajstić information content (AvgIpc) is 2.69. The zero-order valence-corrected chi connectivity index (χ0v) is 17.7. The van der Waals surface area contributed by atoms with Crippen LogP contribution in [-0.4, -0.2) is 53.7 Å². The molecule has 29 heavy (non-hydrogen) atoms. The summed E-state index contributed by atoms with van der Waals surface area (Å²) in [5, 5.41) is 2.93. The number of carbonyl (C=O) groups excluding carboxylic acids is 3. The quantitative estimate of drug-likeness (QED) is 0.628. The van der Waals surface area contributed by atoms with Crippen molar-refractivity contribution in [2.75, 3.05) is 31.5 Å². The highest BCUT2D eigenvalue weighted by Gasteiger charge is 2.23. The molecule has 160 valence electrons. The van der Waals surface area contributed by atoms with Gasteiger partial charge in [0, 0.05) is 44.1 Å². The van der Waals surface area contributed by atoms with Crippen molar-refractivity contribution in [1.82, 2.24) is 9.80 Å². The number of hydrogen-bond donors (Lipinski definition) is 2. The van der Waals surface area contributed by atoms with Gasteiger partial charge in [0.05, 0.1) is 0 Å². The topological polar surface area (TPSA) is 95.7 Å². The first-order valence-electron chi connectivity index (χ1n) is 10.6. The highest BCUT2D eigenvalue weighted by atomic mass is 16.2. The lowest BCUT2D eigenvalue weighted by molar-refractivity contribution is -0.131. The van der Waals surface area contributed by atoms with E-state index >= 15 is 0 Å². The minimum atomic E-state index is -0.201. The van der Waals surface area contributed by atoms with Crippen molar-refractivity contribution in [2.45, 2.75) is 52.5 Å². The number of nitrogens with two attached hydrogens (primary N) is 1. The van der Waals surface area contributed by atoms with Crippen molar-refractivity contribution in [3.63, 3.8) is 0 Å². The van der Waals surface area contributed by atoms with E-state index < -0.39 is 0 Å². The van der Waals surface area contributed by atoms with E-state index in [1.165, 1.54) is 0 Å². The minimum absolute atomic E-state index is 0.00881. The Labute approximate surface area is 173 Å². The molecule has 0 aromatic heterocycles. The van der Waals surface area contributed by atoms with Gasteiger partial charge in [-0.15, -0.1) is 0 Å². The van der Waals surface area contributed by atoms with Crippen LogP contribution in [0.2, 0.25) is 0 Å². The molecule has 7 heteroatoms. The van der Waals surface area contributed by atoms with Crippen molar-refractivity contribution in [3.8, 4) is 0 Å². The van der Waals surface area contributed by atoms with Gasteiger partial charge in [0.2, 0.25) is 17.7 Å². The van der Waals surface area contributed by atoms with Crippen LogP contribution in [0.1, 0.15) is 51.5 Å². The van der Waals surface area contributed by atoms with E-state index in [0.717, 1.165) is 43.7 Å². The number of nitrogens with zero attached hydrogens (tertiary/aromatic N) is 2. The predicted octanol–water partition coefficient (Wildman–Crippen LogP) is 2.36. The number of piperidine rings is 1. The Hall–Kier alpha value is -2.41. The lowest BCUT2D eigenvalue weighted by atomic mass is 9.96. The van der Waals surface area contributed by atoms with E-state index in [-0.39, 0.29) is 23.6 Å². The zero-order chi connectivity index (χ0) is 21.2. The average molecular weight is 403 g/mol. The molecule has 7 nitrogen and oxygen atoms in total. The first-order chi connectivity index (χ1) is 13.9. The third-order valence-electron chi connectivity index (χ3n) is 5.52. The molecule has 1 aromatic rings. The fourth-order valence-corrected chi connectivity index (χ4v) is 3.74. The van der Waals surface area contributed by atoms with Crippen LogP contribution < -0.4 is 11.1 Å². The Bertz CT molecular complexity index is 695. The van der Waals surface area contributed by atoms with Crippen LogP contribution in [0.15, 0.2) is 24.3 Å². The third kappa shape index (κ3) is 7.49.